The van der Waals surface area contributed by atoms with Crippen LogP contribution in [0.2, 0.25) is 0 Å². The number of nitrogens with one attached hydrogen (secondary N) is 1. The van der Waals surface area contributed by atoms with Crippen LogP contribution in [-0.4, -0.2) is 10.9 Å². The maximum atomic E-state index is 11.9. The molecule has 0 radical (unpaired) electrons. The Morgan fingerprint density at radius 1 is 1.39 bits per heavy atom. The molecular weight excluding hydrogens is 296 g/mol. The summed E-state index contributed by atoms with van der Waals surface area (Å²) in [6.07, 6.45) is 0.188. The predicted molar refractivity (Wildman–Crippen MR) is 72.5 cm³/mol. The van der Waals surface area contributed by atoms with Crippen LogP contribution >= 0.6 is 15.9 Å². The summed E-state index contributed by atoms with van der Waals surface area (Å²) >= 11 is 3.38. The molecule has 1 heterocycles. The van der Waals surface area contributed by atoms with Gasteiger partial charge in [0.25, 0.3) is 0 Å². The molecule has 0 atom stereocenters. The number of carbonyl (C=O) groups is 1. The van der Waals surface area contributed by atoms with Gasteiger partial charge in [-0.3, -0.25) is 4.79 Å². The van der Waals surface area contributed by atoms with Gasteiger partial charge in [-0.2, -0.15) is 0 Å². The van der Waals surface area contributed by atoms with Gasteiger partial charge in [-0.15, -0.1) is 0 Å². The van der Waals surface area contributed by atoms with Crippen LogP contribution in [0.15, 0.2) is 33.2 Å². The van der Waals surface area contributed by atoms with Crippen molar-refractivity contribution >= 4 is 27.5 Å². The third-order valence-electron chi connectivity index (χ3n) is 2.47. The van der Waals surface area contributed by atoms with E-state index >= 15 is 0 Å². The number of anilines is 1. The van der Waals surface area contributed by atoms with Gasteiger partial charge in [-0.05, 0) is 35.0 Å². The number of para-hydroxylation sites is 1. The number of rotatable bonds is 3. The Hall–Kier alpha value is -1.62. The lowest BCUT2D eigenvalue weighted by Gasteiger charge is -2.06. The maximum Gasteiger partial charge on any atom is 0.232 e. The quantitative estimate of drug-likeness (QED) is 0.947. The van der Waals surface area contributed by atoms with E-state index in [-0.39, 0.29) is 12.3 Å². The van der Waals surface area contributed by atoms with E-state index in [1.165, 1.54) is 0 Å². The van der Waals surface area contributed by atoms with E-state index in [9.17, 15) is 4.79 Å². The number of hydrogen-bond acceptors (Lipinski definition) is 3. The number of amides is 1. The Morgan fingerprint density at radius 2 is 2.11 bits per heavy atom. The van der Waals surface area contributed by atoms with Gasteiger partial charge < -0.3 is 9.73 Å². The third-order valence-corrected chi connectivity index (χ3v) is 3.16. The number of oxazole rings is 1. The highest BCUT2D eigenvalue weighted by molar-refractivity contribution is 9.10. The summed E-state index contributed by atoms with van der Waals surface area (Å²) in [7, 11) is 0. The van der Waals surface area contributed by atoms with Gasteiger partial charge in [0.05, 0.1) is 17.8 Å². The van der Waals surface area contributed by atoms with Crippen molar-refractivity contribution in [3.05, 3.63) is 46.1 Å². The maximum absolute atomic E-state index is 11.9. The lowest BCUT2D eigenvalue weighted by atomic mass is 10.2. The zero-order valence-corrected chi connectivity index (χ0v) is 11.7. The Kier molecular flexibility index (Phi) is 3.81. The number of benzene rings is 1. The fourth-order valence-corrected chi connectivity index (χ4v) is 2.02. The lowest BCUT2D eigenvalue weighted by Crippen LogP contribution is -2.14. The van der Waals surface area contributed by atoms with Crippen LogP contribution < -0.4 is 5.32 Å². The predicted octanol–water partition coefficient (Wildman–Crippen LogP) is 3.24. The highest BCUT2D eigenvalue weighted by Crippen LogP contribution is 2.21. The summed E-state index contributed by atoms with van der Waals surface area (Å²) in [6.45, 7) is 3.60. The van der Waals surface area contributed by atoms with Crippen molar-refractivity contribution in [2.45, 2.75) is 20.3 Å². The highest BCUT2D eigenvalue weighted by atomic mass is 79.9. The minimum Gasteiger partial charge on any atom is -0.445 e. The molecule has 0 aliphatic carbocycles. The van der Waals surface area contributed by atoms with Crippen molar-refractivity contribution in [3.63, 3.8) is 0 Å². The summed E-state index contributed by atoms with van der Waals surface area (Å²) in [5, 5.41) is 2.82. The molecule has 1 aromatic heterocycles. The Bertz CT molecular complexity index is 578. The number of halogens is 1. The van der Waals surface area contributed by atoms with Crippen molar-refractivity contribution in [2.75, 3.05) is 5.32 Å². The number of carbonyl (C=O) groups excluding carboxylic acids is 1. The molecule has 5 heteroatoms. The summed E-state index contributed by atoms with van der Waals surface area (Å²) in [5.74, 6) is 1.06. The first-order valence-corrected chi connectivity index (χ1v) is 6.33. The molecule has 0 fully saturated rings. The Balaban J connectivity index is 2.06. The number of nitrogens with zero attached hydrogens (tertiary/aromatic N) is 1. The van der Waals surface area contributed by atoms with Gasteiger partial charge in [-0.25, -0.2) is 4.98 Å². The summed E-state index contributed by atoms with van der Waals surface area (Å²) in [6, 6.07) is 7.47. The molecule has 2 aromatic rings. The molecule has 0 aliphatic rings. The first kappa shape index (κ1) is 12.8. The molecule has 0 spiro atoms. The number of aryl methyl sites for hydroxylation is 2. The monoisotopic (exact) mass is 308 g/mol. The first-order chi connectivity index (χ1) is 8.56. The number of aromatic nitrogens is 1. The molecule has 1 aromatic carbocycles. The molecule has 0 unspecified atom stereocenters. The standard InChI is InChI=1S/C13H13BrN2O2/c1-8-12(18-9(2)15-8)7-13(17)16-11-6-4-3-5-10(11)14/h3-6H,7H2,1-2H3,(H,16,17). The van der Waals surface area contributed by atoms with Crippen LogP contribution in [0.5, 0.6) is 0 Å². The SMILES string of the molecule is Cc1nc(C)c(CC(=O)Nc2ccccc2Br)o1. The van der Waals surface area contributed by atoms with Crippen LogP contribution in [0.25, 0.3) is 0 Å². The molecule has 94 valence electrons. The average Bonchev–Trinajstić information content (AvgIpc) is 2.61. The van der Waals surface area contributed by atoms with Gasteiger partial charge in [0.15, 0.2) is 5.89 Å². The van der Waals surface area contributed by atoms with Crippen LogP contribution in [0.3, 0.4) is 0 Å². The summed E-state index contributed by atoms with van der Waals surface area (Å²) < 4.78 is 6.22. The molecule has 0 bridgehead atoms. The van der Waals surface area contributed by atoms with Crippen LogP contribution in [0.4, 0.5) is 5.69 Å². The zero-order valence-electron chi connectivity index (χ0n) is 10.2. The lowest BCUT2D eigenvalue weighted by molar-refractivity contribution is -0.115. The second kappa shape index (κ2) is 5.35. The van der Waals surface area contributed by atoms with Crippen molar-refractivity contribution in [2.24, 2.45) is 0 Å². The van der Waals surface area contributed by atoms with E-state index in [1.54, 1.807) is 6.92 Å². The Labute approximate surface area is 114 Å². The molecular formula is C13H13BrN2O2. The number of hydrogen-bond donors (Lipinski definition) is 1. The summed E-state index contributed by atoms with van der Waals surface area (Å²) in [5.41, 5.74) is 1.51. The van der Waals surface area contributed by atoms with Crippen LogP contribution in [0, 0.1) is 13.8 Å². The van der Waals surface area contributed by atoms with Gasteiger partial charge >= 0.3 is 0 Å². The normalized spacial score (nSPS) is 10.4. The van der Waals surface area contributed by atoms with Crippen molar-refractivity contribution in [1.82, 2.24) is 4.98 Å². The molecule has 0 aliphatic heterocycles. The van der Waals surface area contributed by atoms with E-state index in [2.05, 4.69) is 26.2 Å². The van der Waals surface area contributed by atoms with Crippen LogP contribution in [-0.2, 0) is 11.2 Å². The van der Waals surface area contributed by atoms with Crippen molar-refractivity contribution in [3.8, 4) is 0 Å². The minimum atomic E-state index is -0.124. The van der Waals surface area contributed by atoms with Crippen molar-refractivity contribution in [1.29, 1.82) is 0 Å². The second-order valence-corrected chi connectivity index (χ2v) is 4.80. The van der Waals surface area contributed by atoms with E-state index < -0.39 is 0 Å². The smallest absolute Gasteiger partial charge is 0.232 e. The largest absolute Gasteiger partial charge is 0.445 e. The zero-order chi connectivity index (χ0) is 13.1. The van der Waals surface area contributed by atoms with E-state index in [4.69, 9.17) is 4.42 Å². The van der Waals surface area contributed by atoms with Crippen molar-refractivity contribution < 1.29 is 9.21 Å². The first-order valence-electron chi connectivity index (χ1n) is 5.53. The van der Waals surface area contributed by atoms with Gasteiger partial charge in [-0.1, -0.05) is 12.1 Å². The molecule has 0 saturated carbocycles. The average molecular weight is 309 g/mol. The Morgan fingerprint density at radius 3 is 2.72 bits per heavy atom. The van der Waals surface area contributed by atoms with Crippen LogP contribution in [0.1, 0.15) is 17.3 Å². The summed E-state index contributed by atoms with van der Waals surface area (Å²) in [4.78, 5) is 16.0. The van der Waals surface area contributed by atoms with E-state index in [1.807, 2.05) is 31.2 Å². The molecule has 0 saturated heterocycles. The van der Waals surface area contributed by atoms with Gasteiger partial charge in [0, 0.05) is 11.4 Å². The highest BCUT2D eigenvalue weighted by Gasteiger charge is 2.12. The van der Waals surface area contributed by atoms with E-state index in [0.29, 0.717) is 11.7 Å². The molecule has 1 amide bonds. The molecule has 18 heavy (non-hydrogen) atoms. The second-order valence-electron chi connectivity index (χ2n) is 3.95. The molecule has 1 N–H and O–H groups in total. The van der Waals surface area contributed by atoms with E-state index in [0.717, 1.165) is 15.9 Å². The molecule has 4 nitrogen and oxygen atoms in total. The third kappa shape index (κ3) is 2.98. The topological polar surface area (TPSA) is 55.1 Å². The van der Waals surface area contributed by atoms with Gasteiger partial charge in [0.1, 0.15) is 5.76 Å². The van der Waals surface area contributed by atoms with Gasteiger partial charge in [0.2, 0.25) is 5.91 Å². The fraction of sp³-hybridized carbons (Fsp3) is 0.231. The molecule has 2 rings (SSSR count). The fourth-order valence-electron chi connectivity index (χ4n) is 1.64. The minimum absolute atomic E-state index is 0.124.